The van der Waals surface area contributed by atoms with Crippen molar-refractivity contribution in [2.45, 2.75) is 17.8 Å². The van der Waals surface area contributed by atoms with Crippen LogP contribution in [0.1, 0.15) is 0 Å². The summed E-state index contributed by atoms with van der Waals surface area (Å²) < 4.78 is 12.6. The van der Waals surface area contributed by atoms with Gasteiger partial charge in [0, 0.05) is 39.0 Å². The fraction of sp³-hybridized carbons (Fsp3) is 0.917. The van der Waals surface area contributed by atoms with E-state index in [1.165, 1.54) is 0 Å². The summed E-state index contributed by atoms with van der Waals surface area (Å²) in [4.78, 5) is 2.29. The fourth-order valence-electron chi connectivity index (χ4n) is 2.06. The maximum atomic E-state index is 5.75. The number of rotatable bonds is 9. The highest BCUT2D eigenvalue weighted by molar-refractivity contribution is 7.99. The highest BCUT2D eigenvalue weighted by Gasteiger charge is 2.19. The topological polar surface area (TPSA) is 77.3 Å². The molecule has 1 fully saturated rings. The Kier molecular flexibility index (Phi) is 7.37. The van der Waals surface area contributed by atoms with Crippen LogP contribution in [-0.2, 0) is 16.0 Å². The summed E-state index contributed by atoms with van der Waals surface area (Å²) in [6.07, 6.45) is 0.249. The average Bonchev–Trinajstić information content (AvgIpc) is 2.92. The summed E-state index contributed by atoms with van der Waals surface area (Å²) in [5, 5.41) is 16.0. The molecular formula is C12H24N6O2S. The Morgan fingerprint density at radius 3 is 3.19 bits per heavy atom. The lowest BCUT2D eigenvalue weighted by Gasteiger charge is -2.29. The summed E-state index contributed by atoms with van der Waals surface area (Å²) >= 11 is 1.65. The summed E-state index contributed by atoms with van der Waals surface area (Å²) in [5.41, 5.74) is 0. The van der Waals surface area contributed by atoms with E-state index in [9.17, 15) is 0 Å². The Morgan fingerprint density at radius 1 is 1.48 bits per heavy atom. The fourth-order valence-corrected chi connectivity index (χ4v) is 2.97. The summed E-state index contributed by atoms with van der Waals surface area (Å²) in [6, 6.07) is 0. The molecule has 1 aliphatic rings. The van der Waals surface area contributed by atoms with Gasteiger partial charge in [-0.1, -0.05) is 11.8 Å². The lowest BCUT2D eigenvalue weighted by Crippen LogP contribution is -2.41. The van der Waals surface area contributed by atoms with Gasteiger partial charge in [0.15, 0.2) is 0 Å². The minimum Gasteiger partial charge on any atom is -0.383 e. The number of tetrazole rings is 1. The quantitative estimate of drug-likeness (QED) is 0.475. The van der Waals surface area contributed by atoms with E-state index in [2.05, 4.69) is 32.8 Å². The highest BCUT2D eigenvalue weighted by atomic mass is 32.2. The van der Waals surface area contributed by atoms with Crippen LogP contribution in [0.4, 0.5) is 0 Å². The molecule has 1 aromatic heterocycles. The van der Waals surface area contributed by atoms with Gasteiger partial charge < -0.3 is 19.7 Å². The second-order valence-corrected chi connectivity index (χ2v) is 5.98. The van der Waals surface area contributed by atoms with Crippen molar-refractivity contribution < 1.29 is 9.47 Å². The van der Waals surface area contributed by atoms with E-state index in [4.69, 9.17) is 9.47 Å². The third-order valence-corrected chi connectivity index (χ3v) is 4.31. The molecular weight excluding hydrogens is 292 g/mol. The predicted molar refractivity (Wildman–Crippen MR) is 80.5 cm³/mol. The van der Waals surface area contributed by atoms with Crippen LogP contribution in [0.15, 0.2) is 5.16 Å². The van der Waals surface area contributed by atoms with Gasteiger partial charge in [0.25, 0.3) is 0 Å². The molecule has 0 amide bonds. The monoisotopic (exact) mass is 316 g/mol. The molecule has 0 radical (unpaired) electrons. The molecule has 1 aromatic rings. The van der Waals surface area contributed by atoms with Gasteiger partial charge in [-0.15, -0.1) is 5.10 Å². The van der Waals surface area contributed by atoms with E-state index in [0.717, 1.165) is 50.2 Å². The van der Waals surface area contributed by atoms with Gasteiger partial charge in [-0.05, 0) is 17.5 Å². The molecule has 0 aromatic carbocycles. The molecule has 2 rings (SSSR count). The number of nitrogens with one attached hydrogen (secondary N) is 1. The van der Waals surface area contributed by atoms with Gasteiger partial charge in [-0.3, -0.25) is 0 Å². The number of thioether (sulfide) groups is 1. The maximum absolute atomic E-state index is 5.75. The highest BCUT2D eigenvalue weighted by Crippen LogP contribution is 2.17. The lowest BCUT2D eigenvalue weighted by molar-refractivity contribution is -0.00602. The molecule has 1 aliphatic heterocycles. The van der Waals surface area contributed by atoms with Gasteiger partial charge in [-0.2, -0.15) is 0 Å². The summed E-state index contributed by atoms with van der Waals surface area (Å²) in [7, 11) is 3.82. The summed E-state index contributed by atoms with van der Waals surface area (Å²) in [5.74, 6) is 0.877. The molecule has 1 N–H and O–H groups in total. The smallest absolute Gasteiger partial charge is 0.209 e. The summed E-state index contributed by atoms with van der Waals surface area (Å²) in [6.45, 7) is 5.90. The number of hydrogen-bond donors (Lipinski definition) is 1. The van der Waals surface area contributed by atoms with Crippen LogP contribution >= 0.6 is 11.8 Å². The van der Waals surface area contributed by atoms with E-state index in [-0.39, 0.29) is 6.10 Å². The second kappa shape index (κ2) is 9.31. The van der Waals surface area contributed by atoms with E-state index in [0.29, 0.717) is 6.61 Å². The van der Waals surface area contributed by atoms with Crippen molar-refractivity contribution in [3.63, 3.8) is 0 Å². The van der Waals surface area contributed by atoms with Crippen LogP contribution in [-0.4, -0.2) is 90.5 Å². The molecule has 0 spiro atoms. The molecule has 9 heteroatoms. The van der Waals surface area contributed by atoms with Gasteiger partial charge in [0.1, 0.15) is 0 Å². The molecule has 1 unspecified atom stereocenters. The van der Waals surface area contributed by atoms with Crippen molar-refractivity contribution >= 4 is 11.8 Å². The molecule has 120 valence electrons. The van der Waals surface area contributed by atoms with Gasteiger partial charge in [0.2, 0.25) is 5.16 Å². The number of methoxy groups -OCH3 is 1. The van der Waals surface area contributed by atoms with E-state index < -0.39 is 0 Å². The standard InChI is InChI=1S/C12H24N6O2S/c1-17-6-8-20-11(9-17)10-21-12-14-15-16-18(12)5-3-13-4-7-19-2/h11,13H,3-10H2,1-2H3. The van der Waals surface area contributed by atoms with Crippen LogP contribution < -0.4 is 5.32 Å². The van der Waals surface area contributed by atoms with E-state index in [1.807, 2.05) is 4.68 Å². The van der Waals surface area contributed by atoms with Crippen molar-refractivity contribution in [2.24, 2.45) is 0 Å². The number of morpholine rings is 1. The second-order valence-electron chi connectivity index (χ2n) is 4.99. The molecule has 8 nitrogen and oxygen atoms in total. The number of aromatic nitrogens is 4. The molecule has 0 bridgehead atoms. The Balaban J connectivity index is 1.69. The first-order chi connectivity index (χ1) is 10.3. The Labute approximate surface area is 129 Å². The van der Waals surface area contributed by atoms with E-state index in [1.54, 1.807) is 18.9 Å². The Bertz CT molecular complexity index is 405. The third-order valence-electron chi connectivity index (χ3n) is 3.22. The lowest BCUT2D eigenvalue weighted by atomic mass is 10.3. The number of nitrogens with zero attached hydrogens (tertiary/aromatic N) is 5. The minimum atomic E-state index is 0.249. The van der Waals surface area contributed by atoms with Crippen molar-refractivity contribution in [1.82, 2.24) is 30.4 Å². The van der Waals surface area contributed by atoms with Crippen molar-refractivity contribution in [1.29, 1.82) is 0 Å². The normalized spacial score (nSPS) is 20.0. The minimum absolute atomic E-state index is 0.249. The first-order valence-corrected chi connectivity index (χ1v) is 8.17. The molecule has 0 saturated carbocycles. The average molecular weight is 316 g/mol. The first kappa shape index (κ1) is 16.6. The van der Waals surface area contributed by atoms with Crippen LogP contribution in [0.25, 0.3) is 0 Å². The zero-order valence-corrected chi connectivity index (χ0v) is 13.5. The Hall–Kier alpha value is -0.740. The van der Waals surface area contributed by atoms with Crippen molar-refractivity contribution in [2.75, 3.05) is 59.3 Å². The zero-order valence-electron chi connectivity index (χ0n) is 12.7. The van der Waals surface area contributed by atoms with Gasteiger partial charge >= 0.3 is 0 Å². The number of hydrogen-bond acceptors (Lipinski definition) is 8. The number of likely N-dealkylation sites (N-methyl/N-ethyl adjacent to an activating group) is 1. The van der Waals surface area contributed by atoms with Crippen LogP contribution in [0.5, 0.6) is 0 Å². The third kappa shape index (κ3) is 5.87. The van der Waals surface area contributed by atoms with Crippen molar-refractivity contribution in [3.8, 4) is 0 Å². The van der Waals surface area contributed by atoms with Crippen LogP contribution in [0.2, 0.25) is 0 Å². The van der Waals surface area contributed by atoms with E-state index >= 15 is 0 Å². The maximum Gasteiger partial charge on any atom is 0.209 e. The van der Waals surface area contributed by atoms with Crippen molar-refractivity contribution in [3.05, 3.63) is 0 Å². The van der Waals surface area contributed by atoms with Crippen LogP contribution in [0.3, 0.4) is 0 Å². The molecule has 1 saturated heterocycles. The van der Waals surface area contributed by atoms with Gasteiger partial charge in [0.05, 0.1) is 25.9 Å². The molecule has 1 atom stereocenters. The largest absolute Gasteiger partial charge is 0.383 e. The SMILES string of the molecule is COCCNCCn1nnnc1SCC1CN(C)CCO1. The molecule has 21 heavy (non-hydrogen) atoms. The predicted octanol–water partition coefficient (Wildman–Crippen LogP) is -0.668. The molecule has 0 aliphatic carbocycles. The number of ether oxygens (including phenoxy) is 2. The zero-order chi connectivity index (χ0) is 14.9. The van der Waals surface area contributed by atoms with Gasteiger partial charge in [-0.25, -0.2) is 4.68 Å². The van der Waals surface area contributed by atoms with Crippen LogP contribution in [0, 0.1) is 0 Å². The Morgan fingerprint density at radius 2 is 2.38 bits per heavy atom. The molecule has 2 heterocycles. The first-order valence-electron chi connectivity index (χ1n) is 7.18.